The summed E-state index contributed by atoms with van der Waals surface area (Å²) in [4.78, 5) is 22.8. The highest BCUT2D eigenvalue weighted by Gasteiger charge is 2.57. The first-order valence-electron chi connectivity index (χ1n) is 6.88. The van der Waals surface area contributed by atoms with Crippen LogP contribution in [0.25, 0.3) is 0 Å². The summed E-state index contributed by atoms with van der Waals surface area (Å²) in [5, 5.41) is 0.243. The lowest BCUT2D eigenvalue weighted by Gasteiger charge is -2.35. The molecule has 1 aromatic rings. The van der Waals surface area contributed by atoms with Crippen molar-refractivity contribution < 1.29 is 4.79 Å². The normalized spacial score (nSPS) is 26.0. The van der Waals surface area contributed by atoms with E-state index in [0.29, 0.717) is 5.41 Å². The number of hydrogen-bond donors (Lipinski definition) is 0. The van der Waals surface area contributed by atoms with Gasteiger partial charge in [0.2, 0.25) is 11.2 Å². The van der Waals surface area contributed by atoms with Crippen LogP contribution in [0, 0.1) is 5.41 Å². The van der Waals surface area contributed by atoms with Crippen molar-refractivity contribution in [2.75, 3.05) is 11.9 Å². The van der Waals surface area contributed by atoms with Gasteiger partial charge in [0.05, 0.1) is 23.0 Å². The predicted octanol–water partition coefficient (Wildman–Crippen LogP) is 2.70. The molecular formula is C14H16ClN3O. The topological polar surface area (TPSA) is 46.1 Å². The second-order valence-electron chi connectivity index (χ2n) is 6.32. The third kappa shape index (κ3) is 1.43. The first-order valence-corrected chi connectivity index (χ1v) is 7.25. The van der Waals surface area contributed by atoms with Gasteiger partial charge in [-0.25, -0.2) is 9.97 Å². The molecule has 4 rings (SSSR count). The molecule has 1 aliphatic heterocycles. The van der Waals surface area contributed by atoms with Gasteiger partial charge in [0.25, 0.3) is 0 Å². The molecule has 2 saturated carbocycles. The Kier molecular flexibility index (Phi) is 2.13. The van der Waals surface area contributed by atoms with Gasteiger partial charge in [0.15, 0.2) is 0 Å². The van der Waals surface area contributed by atoms with Gasteiger partial charge in [-0.1, -0.05) is 0 Å². The monoisotopic (exact) mass is 277 g/mol. The summed E-state index contributed by atoms with van der Waals surface area (Å²) in [7, 11) is 1.81. The molecule has 0 N–H and O–H groups in total. The van der Waals surface area contributed by atoms with Crippen molar-refractivity contribution in [2.45, 2.75) is 43.9 Å². The third-order valence-corrected chi connectivity index (χ3v) is 5.57. The first kappa shape index (κ1) is 11.6. The fourth-order valence-electron chi connectivity index (χ4n) is 3.82. The Morgan fingerprint density at radius 3 is 2.47 bits per heavy atom. The quantitative estimate of drug-likeness (QED) is 0.685. The van der Waals surface area contributed by atoms with Crippen LogP contribution in [0.2, 0.25) is 5.28 Å². The van der Waals surface area contributed by atoms with E-state index >= 15 is 0 Å². The number of carbonyl (C=O) groups is 1. The predicted molar refractivity (Wildman–Crippen MR) is 72.3 cm³/mol. The van der Waals surface area contributed by atoms with Crippen molar-refractivity contribution in [2.24, 2.45) is 5.41 Å². The Bertz CT molecular complexity index is 572. The van der Waals surface area contributed by atoms with Crippen LogP contribution < -0.4 is 4.90 Å². The average Bonchev–Trinajstić information content (AvgIpc) is 3.14. The highest BCUT2D eigenvalue weighted by Crippen LogP contribution is 2.62. The molecule has 5 heteroatoms. The number of likely N-dealkylation sites (N-methyl/N-ethyl adjacent to an activating group) is 1. The fraction of sp³-hybridized carbons (Fsp3) is 0.643. The second-order valence-corrected chi connectivity index (χ2v) is 6.66. The largest absolute Gasteiger partial charge is 0.312 e. The molecule has 0 atom stereocenters. The maximum Gasteiger partial charge on any atom is 0.239 e. The maximum atomic E-state index is 12.7. The number of amides is 1. The standard InChI is InChI=1S/C14H16ClN3O/c1-18-9-8-16-12(15)17-10(9)14(11(18)19)6-4-13(2-3-13)5-7-14/h8H,2-7H2,1H3. The van der Waals surface area contributed by atoms with Crippen LogP contribution in [0.3, 0.4) is 0 Å². The summed E-state index contributed by atoms with van der Waals surface area (Å²) in [5.41, 5.74) is 1.82. The average molecular weight is 278 g/mol. The third-order valence-electron chi connectivity index (χ3n) is 5.39. The molecule has 0 saturated heterocycles. The summed E-state index contributed by atoms with van der Waals surface area (Å²) >= 11 is 5.94. The molecule has 4 nitrogen and oxygen atoms in total. The molecule has 2 spiro atoms. The van der Waals surface area contributed by atoms with E-state index < -0.39 is 5.41 Å². The van der Waals surface area contributed by atoms with Crippen LogP contribution in [0.4, 0.5) is 5.69 Å². The number of nitrogens with zero attached hydrogens (tertiary/aromatic N) is 3. The fourth-order valence-corrected chi connectivity index (χ4v) is 3.95. The Hall–Kier alpha value is -1.16. The molecule has 1 aromatic heterocycles. The summed E-state index contributed by atoms with van der Waals surface area (Å²) in [6.45, 7) is 0. The van der Waals surface area contributed by atoms with E-state index in [9.17, 15) is 4.79 Å². The molecule has 0 unspecified atom stereocenters. The minimum absolute atomic E-state index is 0.176. The lowest BCUT2D eigenvalue weighted by atomic mass is 9.67. The van der Waals surface area contributed by atoms with Crippen LogP contribution in [-0.2, 0) is 10.2 Å². The van der Waals surface area contributed by atoms with Crippen LogP contribution in [0.1, 0.15) is 44.2 Å². The van der Waals surface area contributed by atoms with Gasteiger partial charge in [-0.3, -0.25) is 4.79 Å². The Morgan fingerprint density at radius 1 is 1.21 bits per heavy atom. The van der Waals surface area contributed by atoms with Crippen LogP contribution in [0.15, 0.2) is 6.20 Å². The van der Waals surface area contributed by atoms with Crippen molar-refractivity contribution in [3.05, 3.63) is 17.2 Å². The number of anilines is 1. The van der Waals surface area contributed by atoms with Crippen molar-refractivity contribution in [1.29, 1.82) is 0 Å². The summed E-state index contributed by atoms with van der Waals surface area (Å²) in [6.07, 6.45) is 8.47. The summed E-state index contributed by atoms with van der Waals surface area (Å²) < 4.78 is 0. The number of fused-ring (bicyclic) bond motifs is 2. The summed E-state index contributed by atoms with van der Waals surface area (Å²) in [6, 6.07) is 0. The van der Waals surface area contributed by atoms with E-state index in [1.54, 1.807) is 11.1 Å². The van der Waals surface area contributed by atoms with Gasteiger partial charge in [0, 0.05) is 7.05 Å². The summed E-state index contributed by atoms with van der Waals surface area (Å²) in [5.74, 6) is 0.176. The SMILES string of the molecule is CN1C(=O)C2(CCC3(CC3)CC2)c2nc(Cl)ncc21. The number of halogens is 1. The number of carbonyl (C=O) groups excluding carboxylic acids is 1. The smallest absolute Gasteiger partial charge is 0.239 e. The van der Waals surface area contributed by atoms with Gasteiger partial charge in [-0.15, -0.1) is 0 Å². The van der Waals surface area contributed by atoms with E-state index in [2.05, 4.69) is 9.97 Å². The van der Waals surface area contributed by atoms with Crippen molar-refractivity contribution >= 4 is 23.2 Å². The highest BCUT2D eigenvalue weighted by molar-refractivity contribution is 6.28. The molecule has 2 aliphatic carbocycles. The van der Waals surface area contributed by atoms with Gasteiger partial charge in [-0.05, 0) is 55.5 Å². The van der Waals surface area contributed by atoms with Crippen molar-refractivity contribution in [3.8, 4) is 0 Å². The van der Waals surface area contributed by atoms with Crippen molar-refractivity contribution in [3.63, 3.8) is 0 Å². The van der Waals surface area contributed by atoms with Gasteiger partial charge in [0.1, 0.15) is 0 Å². The van der Waals surface area contributed by atoms with Crippen molar-refractivity contribution in [1.82, 2.24) is 9.97 Å². The molecule has 0 bridgehead atoms. The number of rotatable bonds is 0. The molecule has 19 heavy (non-hydrogen) atoms. The number of aromatic nitrogens is 2. The van der Waals surface area contributed by atoms with Gasteiger partial charge in [-0.2, -0.15) is 0 Å². The van der Waals surface area contributed by atoms with Gasteiger partial charge < -0.3 is 4.90 Å². The Balaban J connectivity index is 1.80. The van der Waals surface area contributed by atoms with Crippen LogP contribution >= 0.6 is 11.6 Å². The molecule has 0 aromatic carbocycles. The molecule has 100 valence electrons. The Morgan fingerprint density at radius 2 is 1.84 bits per heavy atom. The highest BCUT2D eigenvalue weighted by atomic mass is 35.5. The maximum absolute atomic E-state index is 12.7. The van der Waals surface area contributed by atoms with Crippen LogP contribution in [0.5, 0.6) is 0 Å². The lowest BCUT2D eigenvalue weighted by molar-refractivity contribution is -0.124. The van der Waals surface area contributed by atoms with E-state index in [-0.39, 0.29) is 11.2 Å². The van der Waals surface area contributed by atoms with E-state index in [0.717, 1.165) is 37.1 Å². The Labute approximate surface area is 117 Å². The van der Waals surface area contributed by atoms with E-state index in [1.165, 1.54) is 12.8 Å². The zero-order valence-corrected chi connectivity index (χ0v) is 11.7. The van der Waals surface area contributed by atoms with E-state index in [4.69, 9.17) is 11.6 Å². The van der Waals surface area contributed by atoms with Crippen LogP contribution in [-0.4, -0.2) is 22.9 Å². The zero-order valence-electron chi connectivity index (χ0n) is 10.9. The molecule has 1 amide bonds. The molecular weight excluding hydrogens is 262 g/mol. The zero-order chi connectivity index (χ0) is 13.3. The van der Waals surface area contributed by atoms with E-state index in [1.807, 2.05) is 7.05 Å². The molecule has 2 fully saturated rings. The lowest BCUT2D eigenvalue weighted by Crippen LogP contribution is -2.42. The molecule has 3 aliphatic rings. The first-order chi connectivity index (χ1) is 9.06. The minimum Gasteiger partial charge on any atom is -0.312 e. The number of hydrogen-bond acceptors (Lipinski definition) is 3. The van der Waals surface area contributed by atoms with Gasteiger partial charge >= 0.3 is 0 Å². The molecule has 0 radical (unpaired) electrons. The minimum atomic E-state index is -0.426. The molecule has 2 heterocycles. The second kappa shape index (κ2) is 3.48.